The molecule has 222 valence electrons. The van der Waals surface area contributed by atoms with Crippen LogP contribution in [0.3, 0.4) is 0 Å². The van der Waals surface area contributed by atoms with Gasteiger partial charge in [0, 0.05) is 0 Å². The van der Waals surface area contributed by atoms with Crippen LogP contribution in [0.5, 0.6) is 0 Å². The Labute approximate surface area is 279 Å². The van der Waals surface area contributed by atoms with Gasteiger partial charge in [0.1, 0.15) is 0 Å². The lowest BCUT2D eigenvalue weighted by atomic mass is 9.87. The van der Waals surface area contributed by atoms with Crippen molar-refractivity contribution in [2.75, 3.05) is 0 Å². The largest absolute Gasteiger partial charge is 0.0622 e. The molecule has 10 rings (SSSR count). The third kappa shape index (κ3) is 4.10. The molecule has 0 aliphatic carbocycles. The first-order valence-corrected chi connectivity index (χ1v) is 16.7. The van der Waals surface area contributed by atoms with E-state index in [1.165, 1.54) is 98.0 Å². The molecule has 0 amide bonds. The molecule has 0 atom stereocenters. The summed E-state index contributed by atoms with van der Waals surface area (Å²) in [6, 6.07) is 67.0. The summed E-state index contributed by atoms with van der Waals surface area (Å²) in [5.41, 5.74) is 7.44. The van der Waals surface area contributed by atoms with Gasteiger partial charge in [-0.25, -0.2) is 0 Å². The molecule has 0 fully saturated rings. The minimum absolute atomic E-state index is 1.22. The fourth-order valence-corrected chi connectivity index (χ4v) is 8.03. The van der Waals surface area contributed by atoms with E-state index >= 15 is 0 Å². The highest BCUT2D eigenvalue weighted by atomic mass is 14.2. The van der Waals surface area contributed by atoms with Gasteiger partial charge in [-0.05, 0) is 122 Å². The van der Waals surface area contributed by atoms with Crippen molar-refractivity contribution in [1.82, 2.24) is 0 Å². The zero-order valence-corrected chi connectivity index (χ0v) is 26.3. The predicted molar refractivity (Wildman–Crippen MR) is 208 cm³/mol. The summed E-state index contributed by atoms with van der Waals surface area (Å²) in [5.74, 6) is 0. The Hall–Kier alpha value is -6.24. The van der Waals surface area contributed by atoms with Gasteiger partial charge in [-0.2, -0.15) is 0 Å². The fraction of sp³-hybridized carbons (Fsp3) is 0. The van der Waals surface area contributed by atoms with Crippen molar-refractivity contribution in [3.05, 3.63) is 182 Å². The molecule has 10 aromatic rings. The van der Waals surface area contributed by atoms with Gasteiger partial charge in [0.2, 0.25) is 0 Å². The molecule has 0 aliphatic heterocycles. The molecular formula is C48H30. The van der Waals surface area contributed by atoms with Crippen molar-refractivity contribution in [1.29, 1.82) is 0 Å². The average molecular weight is 607 g/mol. The van der Waals surface area contributed by atoms with Crippen LogP contribution in [0.4, 0.5) is 0 Å². The lowest BCUT2D eigenvalue weighted by Crippen LogP contribution is -1.89. The Morgan fingerprint density at radius 2 is 0.625 bits per heavy atom. The van der Waals surface area contributed by atoms with Crippen LogP contribution in [0.25, 0.3) is 98.0 Å². The first kappa shape index (κ1) is 26.9. The lowest BCUT2D eigenvalue weighted by Gasteiger charge is -2.17. The Morgan fingerprint density at radius 3 is 1.23 bits per heavy atom. The van der Waals surface area contributed by atoms with Crippen LogP contribution in [0.2, 0.25) is 0 Å². The van der Waals surface area contributed by atoms with Crippen LogP contribution in [0.15, 0.2) is 182 Å². The van der Waals surface area contributed by atoms with E-state index in [9.17, 15) is 0 Å². The van der Waals surface area contributed by atoms with Gasteiger partial charge in [0.25, 0.3) is 0 Å². The van der Waals surface area contributed by atoms with Gasteiger partial charge in [-0.1, -0.05) is 158 Å². The predicted octanol–water partition coefficient (Wildman–Crippen LogP) is 13.6. The van der Waals surface area contributed by atoms with Crippen molar-refractivity contribution in [3.63, 3.8) is 0 Å². The summed E-state index contributed by atoms with van der Waals surface area (Å²) < 4.78 is 0. The number of fused-ring (bicyclic) bond motifs is 11. The van der Waals surface area contributed by atoms with Crippen LogP contribution >= 0.6 is 0 Å². The molecule has 0 bridgehead atoms. The van der Waals surface area contributed by atoms with Gasteiger partial charge in [0.05, 0.1) is 0 Å². The summed E-state index contributed by atoms with van der Waals surface area (Å²) in [5, 5.41) is 15.5. The molecule has 0 unspecified atom stereocenters. The maximum Gasteiger partial charge on any atom is -0.00259 e. The highest BCUT2D eigenvalue weighted by Gasteiger charge is 2.15. The highest BCUT2D eigenvalue weighted by molar-refractivity contribution is 6.27. The smallest absolute Gasteiger partial charge is 0.00259 e. The second kappa shape index (κ2) is 10.7. The van der Waals surface area contributed by atoms with E-state index in [1.54, 1.807) is 0 Å². The molecule has 0 saturated heterocycles. The minimum Gasteiger partial charge on any atom is -0.0622 e. The van der Waals surface area contributed by atoms with Gasteiger partial charge in [-0.3, -0.25) is 0 Å². The van der Waals surface area contributed by atoms with E-state index in [4.69, 9.17) is 0 Å². The van der Waals surface area contributed by atoms with Crippen LogP contribution in [0.1, 0.15) is 0 Å². The summed E-state index contributed by atoms with van der Waals surface area (Å²) in [6.45, 7) is 0. The quantitative estimate of drug-likeness (QED) is 0.176. The van der Waals surface area contributed by atoms with Crippen LogP contribution in [0, 0.1) is 0 Å². The topological polar surface area (TPSA) is 0 Å². The number of hydrogen-bond acceptors (Lipinski definition) is 0. The third-order valence-corrected chi connectivity index (χ3v) is 10.2. The molecule has 0 aromatic heterocycles. The average Bonchev–Trinajstić information content (AvgIpc) is 3.17. The van der Waals surface area contributed by atoms with Gasteiger partial charge >= 0.3 is 0 Å². The summed E-state index contributed by atoms with van der Waals surface area (Å²) >= 11 is 0. The molecule has 0 aliphatic rings. The van der Waals surface area contributed by atoms with Crippen molar-refractivity contribution in [2.45, 2.75) is 0 Å². The van der Waals surface area contributed by atoms with Crippen molar-refractivity contribution in [3.8, 4) is 33.4 Å². The maximum atomic E-state index is 2.41. The van der Waals surface area contributed by atoms with E-state index in [0.717, 1.165) is 0 Å². The first-order valence-electron chi connectivity index (χ1n) is 16.7. The van der Waals surface area contributed by atoms with Crippen molar-refractivity contribution >= 4 is 64.6 Å². The van der Waals surface area contributed by atoms with Crippen LogP contribution in [-0.4, -0.2) is 0 Å². The van der Waals surface area contributed by atoms with E-state index in [2.05, 4.69) is 182 Å². The normalized spacial score (nSPS) is 11.8. The molecule has 10 aromatic carbocycles. The fourth-order valence-electron chi connectivity index (χ4n) is 8.03. The SMILES string of the molecule is c1ccc(-c2cc3cc(-c4cccc(-c5ccc6c7ccccc7c7ccccc7c6c5)c4)c4ccccc4c3c3ccccc23)cc1. The summed E-state index contributed by atoms with van der Waals surface area (Å²) in [4.78, 5) is 0. The molecular weight excluding hydrogens is 577 g/mol. The standard InChI is InChI=1S/C48H30/c1-2-13-31(14-3-1)45-29-35-30-46(41-22-9-11-24-44(41)48(35)43-23-10-8-21-40(43)45)34-16-12-15-32(27-34)33-25-26-42-38-19-5-4-17-36(38)37-18-6-7-20-39(37)47(42)28-33/h1-30H. The highest BCUT2D eigenvalue weighted by Crippen LogP contribution is 2.43. The minimum atomic E-state index is 1.22. The van der Waals surface area contributed by atoms with E-state index in [1.807, 2.05) is 0 Å². The summed E-state index contributed by atoms with van der Waals surface area (Å²) in [6.07, 6.45) is 0. The van der Waals surface area contributed by atoms with E-state index < -0.39 is 0 Å². The Morgan fingerprint density at radius 1 is 0.208 bits per heavy atom. The Balaban J connectivity index is 1.20. The molecule has 0 spiro atoms. The monoisotopic (exact) mass is 606 g/mol. The molecule has 0 radical (unpaired) electrons. The van der Waals surface area contributed by atoms with E-state index in [-0.39, 0.29) is 0 Å². The second-order valence-electron chi connectivity index (χ2n) is 12.8. The van der Waals surface area contributed by atoms with Gasteiger partial charge in [-0.15, -0.1) is 0 Å². The number of hydrogen-bond donors (Lipinski definition) is 0. The Bertz CT molecular complexity index is 2840. The number of rotatable bonds is 3. The Kier molecular flexibility index (Phi) is 5.98. The van der Waals surface area contributed by atoms with Crippen molar-refractivity contribution in [2.24, 2.45) is 0 Å². The molecule has 0 N–H and O–H groups in total. The second-order valence-corrected chi connectivity index (χ2v) is 12.8. The van der Waals surface area contributed by atoms with Crippen LogP contribution in [-0.2, 0) is 0 Å². The first-order chi connectivity index (χ1) is 23.8. The summed E-state index contributed by atoms with van der Waals surface area (Å²) in [7, 11) is 0. The number of benzene rings is 10. The zero-order chi connectivity index (χ0) is 31.6. The molecule has 0 heteroatoms. The zero-order valence-electron chi connectivity index (χ0n) is 26.3. The van der Waals surface area contributed by atoms with Crippen molar-refractivity contribution < 1.29 is 0 Å². The van der Waals surface area contributed by atoms with Gasteiger partial charge < -0.3 is 0 Å². The van der Waals surface area contributed by atoms with Crippen LogP contribution < -0.4 is 0 Å². The molecule has 0 nitrogen and oxygen atoms in total. The molecule has 0 heterocycles. The molecule has 48 heavy (non-hydrogen) atoms. The maximum absolute atomic E-state index is 2.41. The lowest BCUT2D eigenvalue weighted by molar-refractivity contribution is 1.63. The van der Waals surface area contributed by atoms with Gasteiger partial charge in [0.15, 0.2) is 0 Å². The molecule has 0 saturated carbocycles. The third-order valence-electron chi connectivity index (χ3n) is 10.2. The van der Waals surface area contributed by atoms with E-state index in [0.29, 0.717) is 0 Å².